The molecule has 0 radical (unpaired) electrons. The van der Waals surface area contributed by atoms with Crippen molar-refractivity contribution < 1.29 is 9.53 Å². The highest BCUT2D eigenvalue weighted by Crippen LogP contribution is 2.70. The van der Waals surface area contributed by atoms with Gasteiger partial charge >= 0.3 is 0 Å². The number of hydrogen-bond acceptors (Lipinski definition) is 4. The first-order chi connectivity index (χ1) is 14.2. The smallest absolute Gasteiger partial charge is 0.237 e. The van der Waals surface area contributed by atoms with Crippen molar-refractivity contribution in [1.82, 2.24) is 9.97 Å². The molecule has 5 nitrogen and oxygen atoms in total. The molecular weight excluding hydrogens is 374 g/mol. The number of amides is 1. The van der Waals surface area contributed by atoms with Crippen LogP contribution in [0.15, 0.2) is 42.5 Å². The molecule has 2 aromatic carbocycles. The fourth-order valence-electron chi connectivity index (χ4n) is 5.70. The van der Waals surface area contributed by atoms with Crippen LogP contribution in [0.3, 0.4) is 0 Å². The summed E-state index contributed by atoms with van der Waals surface area (Å²) >= 11 is 0. The largest absolute Gasteiger partial charge is 0.495 e. The van der Waals surface area contributed by atoms with Gasteiger partial charge in [0.1, 0.15) is 5.75 Å². The van der Waals surface area contributed by atoms with Crippen LogP contribution < -0.4 is 10.1 Å². The molecule has 5 rings (SSSR count). The molecular formula is C25H27N3O2. The van der Waals surface area contributed by atoms with Crippen LogP contribution in [0.2, 0.25) is 0 Å². The second-order valence-corrected chi connectivity index (χ2v) is 9.43. The average Bonchev–Trinajstić information content (AvgIpc) is 3.02. The molecule has 154 valence electrons. The summed E-state index contributed by atoms with van der Waals surface area (Å²) in [4.78, 5) is 24.0. The van der Waals surface area contributed by atoms with Crippen LogP contribution in [0.25, 0.3) is 11.0 Å². The highest BCUT2D eigenvalue weighted by molar-refractivity contribution is 6.02. The molecule has 0 saturated heterocycles. The van der Waals surface area contributed by atoms with Crippen LogP contribution >= 0.6 is 0 Å². The third-order valence-corrected chi connectivity index (χ3v) is 7.93. The molecule has 0 spiro atoms. The second kappa shape index (κ2) is 6.03. The monoisotopic (exact) mass is 401 g/mol. The molecule has 3 aromatic rings. The first kappa shape index (κ1) is 19.0. The molecule has 1 amide bonds. The summed E-state index contributed by atoms with van der Waals surface area (Å²) in [6.45, 7) is 8.64. The Morgan fingerprint density at radius 3 is 2.33 bits per heavy atom. The summed E-state index contributed by atoms with van der Waals surface area (Å²) in [5.74, 6) is 0.634. The third kappa shape index (κ3) is 2.15. The highest BCUT2D eigenvalue weighted by Gasteiger charge is 2.73. The Labute approximate surface area is 176 Å². The molecule has 5 heteroatoms. The quantitative estimate of drug-likeness (QED) is 0.677. The Morgan fingerprint density at radius 1 is 1.00 bits per heavy atom. The van der Waals surface area contributed by atoms with Gasteiger partial charge in [0, 0.05) is 5.41 Å². The van der Waals surface area contributed by atoms with E-state index in [0.717, 1.165) is 40.8 Å². The van der Waals surface area contributed by atoms with E-state index in [9.17, 15) is 4.79 Å². The maximum Gasteiger partial charge on any atom is 0.237 e. The van der Waals surface area contributed by atoms with E-state index >= 15 is 0 Å². The number of rotatable bonds is 3. The van der Waals surface area contributed by atoms with Crippen LogP contribution in [0, 0.1) is 12.3 Å². The molecule has 2 bridgehead atoms. The number of hydrogen-bond donors (Lipinski definition) is 1. The van der Waals surface area contributed by atoms with Gasteiger partial charge in [-0.25, -0.2) is 9.97 Å². The van der Waals surface area contributed by atoms with Gasteiger partial charge in [0.05, 0.1) is 40.6 Å². The molecule has 1 heterocycles. The van der Waals surface area contributed by atoms with Crippen molar-refractivity contribution in [3.63, 3.8) is 0 Å². The van der Waals surface area contributed by atoms with E-state index < -0.39 is 5.41 Å². The number of nitrogens with zero attached hydrogens (tertiary/aromatic N) is 2. The number of aromatic nitrogens is 2. The average molecular weight is 402 g/mol. The summed E-state index contributed by atoms with van der Waals surface area (Å²) in [5.41, 5.74) is 4.05. The Hall–Kier alpha value is -2.95. The SMILES string of the molecule is COc1ccc(C)cc1NC(=O)C12CCC(C)(c3nc4ccccc4nc31)C2(C)C. The maximum absolute atomic E-state index is 14.0. The summed E-state index contributed by atoms with van der Waals surface area (Å²) in [6, 6.07) is 13.7. The van der Waals surface area contributed by atoms with Gasteiger partial charge in [-0.1, -0.05) is 39.0 Å². The van der Waals surface area contributed by atoms with Gasteiger partial charge in [-0.2, -0.15) is 0 Å². The summed E-state index contributed by atoms with van der Waals surface area (Å²) in [6.07, 6.45) is 1.68. The lowest BCUT2D eigenvalue weighted by molar-refractivity contribution is -0.125. The fourth-order valence-corrected chi connectivity index (χ4v) is 5.70. The molecule has 2 unspecified atom stereocenters. The predicted molar refractivity (Wildman–Crippen MR) is 118 cm³/mol. The van der Waals surface area contributed by atoms with E-state index in [-0.39, 0.29) is 16.7 Å². The standard InChI is InChI=1S/C25H27N3O2/c1-15-10-11-19(30-5)18(14-15)28-22(29)25-13-12-24(4,23(25,2)3)20-21(25)27-17-9-7-6-8-16(17)26-20/h6-11,14H,12-13H2,1-5H3,(H,28,29). The van der Waals surface area contributed by atoms with Gasteiger partial charge in [0.2, 0.25) is 5.91 Å². The predicted octanol–water partition coefficient (Wildman–Crippen LogP) is 4.91. The van der Waals surface area contributed by atoms with Crippen molar-refractivity contribution in [2.75, 3.05) is 12.4 Å². The molecule has 1 saturated carbocycles. The zero-order chi connectivity index (χ0) is 21.3. The highest BCUT2D eigenvalue weighted by atomic mass is 16.5. The minimum absolute atomic E-state index is 0.0246. The third-order valence-electron chi connectivity index (χ3n) is 7.93. The second-order valence-electron chi connectivity index (χ2n) is 9.43. The number of nitrogens with one attached hydrogen (secondary N) is 1. The van der Waals surface area contributed by atoms with Crippen LogP contribution in [0.1, 0.15) is 50.6 Å². The van der Waals surface area contributed by atoms with E-state index in [2.05, 4.69) is 26.1 Å². The van der Waals surface area contributed by atoms with Crippen LogP contribution in [0.4, 0.5) is 5.69 Å². The Bertz CT molecular complexity index is 1200. The number of carbonyl (C=O) groups excluding carboxylic acids is 1. The Kier molecular flexibility index (Phi) is 3.83. The van der Waals surface area contributed by atoms with Crippen LogP contribution in [-0.2, 0) is 15.6 Å². The van der Waals surface area contributed by atoms with Crippen molar-refractivity contribution in [3.8, 4) is 5.75 Å². The number of benzene rings is 2. The lowest BCUT2D eigenvalue weighted by Crippen LogP contribution is -2.48. The van der Waals surface area contributed by atoms with E-state index in [0.29, 0.717) is 11.4 Å². The molecule has 1 fully saturated rings. The molecule has 1 aromatic heterocycles. The van der Waals surface area contributed by atoms with Gasteiger partial charge in [0.15, 0.2) is 0 Å². The summed E-state index contributed by atoms with van der Waals surface area (Å²) in [7, 11) is 1.62. The number of para-hydroxylation sites is 2. The van der Waals surface area contributed by atoms with Gasteiger partial charge in [0.25, 0.3) is 0 Å². The van der Waals surface area contributed by atoms with E-state index in [1.807, 2.05) is 49.4 Å². The van der Waals surface area contributed by atoms with Crippen molar-refractivity contribution >= 4 is 22.6 Å². The number of anilines is 1. The molecule has 30 heavy (non-hydrogen) atoms. The first-order valence-electron chi connectivity index (χ1n) is 10.5. The van der Waals surface area contributed by atoms with E-state index in [1.165, 1.54) is 0 Å². The van der Waals surface area contributed by atoms with E-state index in [4.69, 9.17) is 14.7 Å². The summed E-state index contributed by atoms with van der Waals surface area (Å²) < 4.78 is 5.50. The van der Waals surface area contributed by atoms with E-state index in [1.54, 1.807) is 7.11 Å². The number of carbonyl (C=O) groups is 1. The van der Waals surface area contributed by atoms with Gasteiger partial charge in [-0.15, -0.1) is 0 Å². The molecule has 2 atom stereocenters. The Balaban J connectivity index is 1.69. The number of fused-ring (bicyclic) bond motifs is 6. The van der Waals surface area contributed by atoms with Crippen molar-refractivity contribution in [3.05, 3.63) is 59.4 Å². The Morgan fingerprint density at radius 2 is 1.67 bits per heavy atom. The normalized spacial score (nSPS) is 25.9. The fraction of sp³-hybridized carbons (Fsp3) is 0.400. The van der Waals surface area contributed by atoms with Gasteiger partial charge in [-0.05, 0) is 55.0 Å². The minimum atomic E-state index is -0.733. The summed E-state index contributed by atoms with van der Waals surface area (Å²) in [5, 5.41) is 3.19. The minimum Gasteiger partial charge on any atom is -0.495 e. The number of aryl methyl sites for hydroxylation is 1. The lowest BCUT2D eigenvalue weighted by Gasteiger charge is -2.39. The zero-order valence-electron chi connectivity index (χ0n) is 18.2. The van der Waals surface area contributed by atoms with Crippen LogP contribution in [0.5, 0.6) is 5.75 Å². The molecule has 2 aliphatic rings. The van der Waals surface area contributed by atoms with Crippen molar-refractivity contribution in [1.29, 1.82) is 0 Å². The molecule has 2 aliphatic carbocycles. The lowest BCUT2D eigenvalue weighted by atomic mass is 9.63. The van der Waals surface area contributed by atoms with Gasteiger partial charge < -0.3 is 10.1 Å². The molecule has 1 N–H and O–H groups in total. The molecule has 0 aliphatic heterocycles. The van der Waals surface area contributed by atoms with Gasteiger partial charge in [-0.3, -0.25) is 4.79 Å². The van der Waals surface area contributed by atoms with Crippen molar-refractivity contribution in [2.24, 2.45) is 5.41 Å². The maximum atomic E-state index is 14.0. The number of ether oxygens (including phenoxy) is 1. The van der Waals surface area contributed by atoms with Crippen LogP contribution in [-0.4, -0.2) is 23.0 Å². The van der Waals surface area contributed by atoms with Crippen molar-refractivity contribution in [2.45, 2.75) is 51.4 Å². The topological polar surface area (TPSA) is 64.1 Å². The number of methoxy groups -OCH3 is 1. The first-order valence-corrected chi connectivity index (χ1v) is 10.5. The zero-order valence-corrected chi connectivity index (χ0v) is 18.2.